The number of methoxy groups -OCH3 is 1. The molecule has 2 aromatic rings. The number of ether oxygens (including phenoxy) is 4. The summed E-state index contributed by atoms with van der Waals surface area (Å²) in [5.74, 6) is 0.871. The molecule has 4 atom stereocenters. The Bertz CT molecular complexity index is 691. The quantitative estimate of drug-likeness (QED) is 0.827. The minimum atomic E-state index is -0.00649. The third-order valence-electron chi connectivity index (χ3n) is 5.04. The zero-order valence-corrected chi connectivity index (χ0v) is 15.0. The Labute approximate surface area is 154 Å². The monoisotopic (exact) mass is 355 g/mol. The van der Waals surface area contributed by atoms with E-state index in [-0.39, 0.29) is 24.4 Å². The summed E-state index contributed by atoms with van der Waals surface area (Å²) in [5.41, 5.74) is 2.38. The maximum atomic E-state index is 6.05. The fourth-order valence-electron chi connectivity index (χ4n) is 3.55. The van der Waals surface area contributed by atoms with Gasteiger partial charge in [0.25, 0.3) is 0 Å². The van der Waals surface area contributed by atoms with E-state index in [1.165, 1.54) is 11.1 Å². The van der Waals surface area contributed by atoms with Crippen molar-refractivity contribution < 1.29 is 18.9 Å². The molecule has 5 heteroatoms. The van der Waals surface area contributed by atoms with E-state index in [2.05, 4.69) is 29.6 Å². The summed E-state index contributed by atoms with van der Waals surface area (Å²) in [5, 5.41) is 3.55. The molecule has 0 unspecified atom stereocenters. The number of fused-ring (bicyclic) bond motifs is 1. The van der Waals surface area contributed by atoms with E-state index >= 15 is 0 Å². The molecule has 0 aromatic heterocycles. The van der Waals surface area contributed by atoms with Crippen LogP contribution >= 0.6 is 0 Å². The summed E-state index contributed by atoms with van der Waals surface area (Å²) in [7, 11) is 1.68. The molecule has 138 valence electrons. The molecule has 0 amide bonds. The van der Waals surface area contributed by atoms with Gasteiger partial charge in [-0.3, -0.25) is 0 Å². The van der Waals surface area contributed by atoms with Gasteiger partial charge in [0.05, 0.1) is 33.0 Å². The molecule has 2 aliphatic rings. The van der Waals surface area contributed by atoms with E-state index < -0.39 is 0 Å². The molecular formula is C21H25NO4. The smallest absolute Gasteiger partial charge is 0.118 e. The van der Waals surface area contributed by atoms with Gasteiger partial charge in [-0.05, 0) is 23.3 Å². The maximum absolute atomic E-state index is 6.05. The average molecular weight is 355 g/mol. The molecule has 26 heavy (non-hydrogen) atoms. The van der Waals surface area contributed by atoms with E-state index in [0.29, 0.717) is 19.8 Å². The molecule has 5 nitrogen and oxygen atoms in total. The van der Waals surface area contributed by atoms with Gasteiger partial charge >= 0.3 is 0 Å². The number of benzene rings is 2. The average Bonchev–Trinajstić information content (AvgIpc) is 3.28. The maximum Gasteiger partial charge on any atom is 0.118 e. The van der Waals surface area contributed by atoms with Crippen molar-refractivity contribution in [2.45, 2.75) is 37.5 Å². The first-order valence-corrected chi connectivity index (χ1v) is 9.08. The molecule has 0 bridgehead atoms. The SMILES string of the molecule is COc1ccc(CN[C@@H]2CO[C@H]3[C@@H]2OC[C@H]3OCc2ccccc2)cc1. The molecule has 2 aliphatic heterocycles. The number of hydrogen-bond donors (Lipinski definition) is 1. The van der Waals surface area contributed by atoms with Crippen molar-refractivity contribution in [3.63, 3.8) is 0 Å². The second-order valence-electron chi connectivity index (χ2n) is 6.77. The summed E-state index contributed by atoms with van der Waals surface area (Å²) in [6.07, 6.45) is 0.0501. The Morgan fingerprint density at radius 3 is 2.46 bits per heavy atom. The Balaban J connectivity index is 1.27. The van der Waals surface area contributed by atoms with Crippen LogP contribution in [-0.4, -0.2) is 44.7 Å². The Hall–Kier alpha value is -1.92. The van der Waals surface area contributed by atoms with Crippen LogP contribution in [0, 0.1) is 0 Å². The van der Waals surface area contributed by atoms with Crippen molar-refractivity contribution in [2.24, 2.45) is 0 Å². The normalized spacial score (nSPS) is 27.4. The second-order valence-corrected chi connectivity index (χ2v) is 6.77. The molecule has 2 fully saturated rings. The van der Waals surface area contributed by atoms with E-state index in [9.17, 15) is 0 Å². The minimum absolute atomic E-state index is 0.00649. The molecule has 1 N–H and O–H groups in total. The van der Waals surface area contributed by atoms with Gasteiger partial charge in [0.2, 0.25) is 0 Å². The largest absolute Gasteiger partial charge is 0.497 e. The summed E-state index contributed by atoms with van der Waals surface area (Å²) < 4.78 is 23.2. The predicted octanol–water partition coefficient (Wildman–Crippen LogP) is 2.54. The van der Waals surface area contributed by atoms with Gasteiger partial charge in [0, 0.05) is 6.54 Å². The standard InChI is InChI=1S/C21H25NO4/c1-23-17-9-7-15(8-10-17)11-22-18-13-25-21-19(14-26-20(18)21)24-12-16-5-3-2-4-6-16/h2-10,18-22H,11-14H2,1H3/t18-,19-,20-,21-/m1/s1. The molecular weight excluding hydrogens is 330 g/mol. The van der Waals surface area contributed by atoms with E-state index in [0.717, 1.165) is 12.3 Å². The summed E-state index contributed by atoms with van der Waals surface area (Å²) >= 11 is 0. The van der Waals surface area contributed by atoms with Gasteiger partial charge in [0.15, 0.2) is 0 Å². The lowest BCUT2D eigenvalue weighted by atomic mass is 10.1. The lowest BCUT2D eigenvalue weighted by Crippen LogP contribution is -2.41. The Morgan fingerprint density at radius 1 is 0.923 bits per heavy atom. The van der Waals surface area contributed by atoms with Gasteiger partial charge in [-0.2, -0.15) is 0 Å². The van der Waals surface area contributed by atoms with Crippen LogP contribution in [0.15, 0.2) is 54.6 Å². The van der Waals surface area contributed by atoms with Crippen LogP contribution in [0.5, 0.6) is 5.75 Å². The van der Waals surface area contributed by atoms with Crippen molar-refractivity contribution in [3.05, 3.63) is 65.7 Å². The van der Waals surface area contributed by atoms with Gasteiger partial charge in [-0.1, -0.05) is 42.5 Å². The Morgan fingerprint density at radius 2 is 1.69 bits per heavy atom. The van der Waals surface area contributed by atoms with E-state index in [4.69, 9.17) is 18.9 Å². The van der Waals surface area contributed by atoms with Crippen molar-refractivity contribution >= 4 is 0 Å². The number of nitrogens with one attached hydrogen (secondary N) is 1. The van der Waals surface area contributed by atoms with E-state index in [1.54, 1.807) is 7.11 Å². The van der Waals surface area contributed by atoms with Gasteiger partial charge in [0.1, 0.15) is 24.1 Å². The van der Waals surface area contributed by atoms with Crippen molar-refractivity contribution in [1.82, 2.24) is 5.32 Å². The third kappa shape index (κ3) is 3.91. The summed E-state index contributed by atoms with van der Waals surface area (Å²) in [4.78, 5) is 0. The minimum Gasteiger partial charge on any atom is -0.497 e. The fourth-order valence-corrected chi connectivity index (χ4v) is 3.55. The molecule has 0 spiro atoms. The van der Waals surface area contributed by atoms with Crippen LogP contribution in [0.2, 0.25) is 0 Å². The molecule has 0 aliphatic carbocycles. The second kappa shape index (κ2) is 8.18. The number of hydrogen-bond acceptors (Lipinski definition) is 5. The van der Waals surface area contributed by atoms with Crippen molar-refractivity contribution in [2.75, 3.05) is 20.3 Å². The highest BCUT2D eigenvalue weighted by Gasteiger charge is 2.48. The highest BCUT2D eigenvalue weighted by atomic mass is 16.6. The van der Waals surface area contributed by atoms with Crippen LogP contribution in [-0.2, 0) is 27.4 Å². The highest BCUT2D eigenvalue weighted by molar-refractivity contribution is 5.27. The first-order valence-electron chi connectivity index (χ1n) is 9.08. The molecule has 0 radical (unpaired) electrons. The van der Waals surface area contributed by atoms with Crippen molar-refractivity contribution in [1.29, 1.82) is 0 Å². The van der Waals surface area contributed by atoms with Crippen molar-refractivity contribution in [3.8, 4) is 5.75 Å². The fraction of sp³-hybridized carbons (Fsp3) is 0.429. The third-order valence-corrected chi connectivity index (χ3v) is 5.04. The van der Waals surface area contributed by atoms with Gasteiger partial charge in [-0.25, -0.2) is 0 Å². The van der Waals surface area contributed by atoms with Crippen LogP contribution in [0.4, 0.5) is 0 Å². The van der Waals surface area contributed by atoms with Gasteiger partial charge < -0.3 is 24.3 Å². The van der Waals surface area contributed by atoms with Gasteiger partial charge in [-0.15, -0.1) is 0 Å². The van der Waals surface area contributed by atoms with Crippen LogP contribution in [0.25, 0.3) is 0 Å². The van der Waals surface area contributed by atoms with Crippen LogP contribution in [0.1, 0.15) is 11.1 Å². The lowest BCUT2D eigenvalue weighted by molar-refractivity contribution is -0.0393. The number of rotatable bonds is 7. The van der Waals surface area contributed by atoms with E-state index in [1.807, 2.05) is 30.3 Å². The zero-order valence-electron chi connectivity index (χ0n) is 15.0. The predicted molar refractivity (Wildman–Crippen MR) is 98.1 cm³/mol. The molecule has 2 heterocycles. The Kier molecular flexibility index (Phi) is 5.51. The van der Waals surface area contributed by atoms with Crippen LogP contribution in [0.3, 0.4) is 0 Å². The van der Waals surface area contributed by atoms with Crippen LogP contribution < -0.4 is 10.1 Å². The topological polar surface area (TPSA) is 49.0 Å². The molecule has 2 aromatic carbocycles. The highest BCUT2D eigenvalue weighted by Crippen LogP contribution is 2.29. The lowest BCUT2D eigenvalue weighted by Gasteiger charge is -2.18. The summed E-state index contributed by atoms with van der Waals surface area (Å²) in [6, 6.07) is 18.5. The molecule has 0 saturated carbocycles. The zero-order chi connectivity index (χ0) is 17.8. The first kappa shape index (κ1) is 17.5. The first-order chi connectivity index (χ1) is 12.8. The summed E-state index contributed by atoms with van der Waals surface area (Å²) in [6.45, 7) is 2.60. The molecule has 2 saturated heterocycles. The molecule has 4 rings (SSSR count).